The van der Waals surface area contributed by atoms with Crippen LogP contribution in [0.5, 0.6) is 0 Å². The number of methoxy groups -OCH3 is 1. The molecule has 0 radical (unpaired) electrons. The lowest BCUT2D eigenvalue weighted by Gasteiger charge is -2.32. The Morgan fingerprint density at radius 1 is 1.19 bits per heavy atom. The van der Waals surface area contributed by atoms with Crippen LogP contribution in [0.3, 0.4) is 0 Å². The molecule has 21 heavy (non-hydrogen) atoms. The third-order valence-corrected chi connectivity index (χ3v) is 4.36. The Balaban J connectivity index is 2.69. The second-order valence-corrected chi connectivity index (χ2v) is 6.61. The van der Waals surface area contributed by atoms with Gasteiger partial charge in [-0.2, -0.15) is 0 Å². The average molecular weight is 298 g/mol. The lowest BCUT2D eigenvalue weighted by molar-refractivity contribution is -0.146. The van der Waals surface area contributed by atoms with Crippen LogP contribution >= 0.6 is 0 Å². The van der Waals surface area contributed by atoms with E-state index in [1.807, 2.05) is 20.8 Å². The van der Waals surface area contributed by atoms with Crippen molar-refractivity contribution >= 4 is 11.9 Å². The van der Waals surface area contributed by atoms with Crippen LogP contribution in [0.1, 0.15) is 53.9 Å². The maximum absolute atomic E-state index is 12.5. The number of esters is 1. The topological polar surface area (TPSA) is 58.6 Å². The number of hydrogen-bond acceptors (Lipinski definition) is 4. The lowest BCUT2D eigenvalue weighted by atomic mass is 10.0. The molecule has 5 heteroatoms. The molecule has 1 fully saturated rings. The molecule has 0 aliphatic carbocycles. The number of hydrogen-bond donors (Lipinski definition) is 1. The van der Waals surface area contributed by atoms with Crippen molar-refractivity contribution in [1.82, 2.24) is 10.2 Å². The number of likely N-dealkylation sites (tertiary alicyclic amines) is 1. The third kappa shape index (κ3) is 4.70. The van der Waals surface area contributed by atoms with Gasteiger partial charge in [0.05, 0.1) is 13.2 Å². The van der Waals surface area contributed by atoms with E-state index in [2.05, 4.69) is 24.1 Å². The first-order chi connectivity index (χ1) is 9.77. The zero-order valence-electron chi connectivity index (χ0n) is 14.2. The van der Waals surface area contributed by atoms with Crippen LogP contribution in [-0.2, 0) is 14.3 Å². The van der Waals surface area contributed by atoms with Gasteiger partial charge in [-0.1, -0.05) is 13.8 Å². The standard InChI is InChI=1S/C16H30N2O3/c1-10(2)9-14(16(20)21-6)17-15(19)13(5)18-11(3)7-8-12(18)4/h10-14H,7-9H2,1-6H3,(H,17,19). The van der Waals surface area contributed by atoms with Crippen LogP contribution < -0.4 is 5.32 Å². The summed E-state index contributed by atoms with van der Waals surface area (Å²) in [6.45, 7) is 10.3. The SMILES string of the molecule is COC(=O)C(CC(C)C)NC(=O)C(C)N1C(C)CCC1C. The van der Waals surface area contributed by atoms with E-state index in [0.29, 0.717) is 24.4 Å². The van der Waals surface area contributed by atoms with E-state index in [0.717, 1.165) is 12.8 Å². The van der Waals surface area contributed by atoms with Gasteiger partial charge in [0.1, 0.15) is 6.04 Å². The number of ether oxygens (including phenoxy) is 1. The maximum Gasteiger partial charge on any atom is 0.328 e. The summed E-state index contributed by atoms with van der Waals surface area (Å²) in [7, 11) is 1.36. The van der Waals surface area contributed by atoms with Crippen molar-refractivity contribution in [3.05, 3.63) is 0 Å². The second kappa shape index (κ2) is 7.78. The van der Waals surface area contributed by atoms with Crippen LogP contribution in [-0.4, -0.2) is 48.1 Å². The summed E-state index contributed by atoms with van der Waals surface area (Å²) in [5.74, 6) is -0.146. The van der Waals surface area contributed by atoms with Gasteiger partial charge in [-0.15, -0.1) is 0 Å². The summed E-state index contributed by atoms with van der Waals surface area (Å²) in [5, 5.41) is 2.86. The molecule has 0 saturated carbocycles. The minimum atomic E-state index is -0.557. The molecule has 1 aliphatic rings. The van der Waals surface area contributed by atoms with E-state index >= 15 is 0 Å². The minimum absolute atomic E-state index is 0.0911. The normalized spacial score (nSPS) is 25.7. The molecule has 0 spiro atoms. The van der Waals surface area contributed by atoms with Crippen molar-refractivity contribution in [3.63, 3.8) is 0 Å². The van der Waals surface area contributed by atoms with Crippen LogP contribution in [0.25, 0.3) is 0 Å². The molecule has 4 atom stereocenters. The van der Waals surface area contributed by atoms with Crippen molar-refractivity contribution in [2.75, 3.05) is 7.11 Å². The predicted octanol–water partition coefficient (Wildman–Crippen LogP) is 1.95. The second-order valence-electron chi connectivity index (χ2n) is 6.61. The van der Waals surface area contributed by atoms with Crippen molar-refractivity contribution in [2.24, 2.45) is 5.92 Å². The summed E-state index contributed by atoms with van der Waals surface area (Å²) in [4.78, 5) is 26.5. The molecule has 1 amide bonds. The molecular weight excluding hydrogens is 268 g/mol. The highest BCUT2D eigenvalue weighted by atomic mass is 16.5. The summed E-state index contributed by atoms with van der Waals surface area (Å²) in [6.07, 6.45) is 2.83. The van der Waals surface area contributed by atoms with Crippen LogP contribution in [0.4, 0.5) is 0 Å². The van der Waals surface area contributed by atoms with Gasteiger partial charge in [0.15, 0.2) is 0 Å². The Morgan fingerprint density at radius 2 is 1.71 bits per heavy atom. The molecule has 1 rings (SSSR count). The van der Waals surface area contributed by atoms with Gasteiger partial charge >= 0.3 is 5.97 Å². The highest BCUT2D eigenvalue weighted by Crippen LogP contribution is 2.26. The number of carbonyl (C=O) groups is 2. The van der Waals surface area contributed by atoms with Gasteiger partial charge in [-0.3, -0.25) is 9.69 Å². The Kier molecular flexibility index (Phi) is 6.65. The van der Waals surface area contributed by atoms with E-state index in [4.69, 9.17) is 4.74 Å². The quantitative estimate of drug-likeness (QED) is 0.762. The lowest BCUT2D eigenvalue weighted by Crippen LogP contribution is -2.53. The smallest absolute Gasteiger partial charge is 0.328 e. The third-order valence-electron chi connectivity index (χ3n) is 4.36. The van der Waals surface area contributed by atoms with Gasteiger partial charge < -0.3 is 10.1 Å². The van der Waals surface area contributed by atoms with Gasteiger partial charge in [0, 0.05) is 12.1 Å². The van der Waals surface area contributed by atoms with Crippen LogP contribution in [0.15, 0.2) is 0 Å². The minimum Gasteiger partial charge on any atom is -0.467 e. The van der Waals surface area contributed by atoms with Crippen molar-refractivity contribution in [1.29, 1.82) is 0 Å². The molecule has 5 nitrogen and oxygen atoms in total. The zero-order valence-corrected chi connectivity index (χ0v) is 14.2. The van der Waals surface area contributed by atoms with Gasteiger partial charge in [0.2, 0.25) is 5.91 Å². The van der Waals surface area contributed by atoms with Crippen LogP contribution in [0, 0.1) is 5.92 Å². The first-order valence-electron chi connectivity index (χ1n) is 7.93. The van der Waals surface area contributed by atoms with E-state index in [1.165, 1.54) is 7.11 Å². The van der Waals surface area contributed by atoms with E-state index in [-0.39, 0.29) is 17.9 Å². The van der Waals surface area contributed by atoms with Crippen molar-refractivity contribution in [3.8, 4) is 0 Å². The number of nitrogens with one attached hydrogen (secondary N) is 1. The summed E-state index contributed by atoms with van der Waals surface area (Å²) in [5.41, 5.74) is 0. The zero-order chi connectivity index (χ0) is 16.2. The largest absolute Gasteiger partial charge is 0.467 e. The van der Waals surface area contributed by atoms with E-state index in [9.17, 15) is 9.59 Å². The molecule has 0 aromatic carbocycles. The van der Waals surface area contributed by atoms with Gasteiger partial charge in [0.25, 0.3) is 0 Å². The molecule has 1 heterocycles. The summed E-state index contributed by atoms with van der Waals surface area (Å²) >= 11 is 0. The average Bonchev–Trinajstić information content (AvgIpc) is 2.75. The Morgan fingerprint density at radius 3 is 2.14 bits per heavy atom. The monoisotopic (exact) mass is 298 g/mol. The Bertz CT molecular complexity index is 361. The molecular formula is C16H30N2O3. The molecule has 1 saturated heterocycles. The number of amides is 1. The highest BCUT2D eigenvalue weighted by molar-refractivity contribution is 5.87. The Hall–Kier alpha value is -1.10. The first-order valence-corrected chi connectivity index (χ1v) is 7.93. The molecule has 4 unspecified atom stereocenters. The van der Waals surface area contributed by atoms with Gasteiger partial charge in [-0.05, 0) is 46.0 Å². The number of carbonyl (C=O) groups excluding carboxylic acids is 2. The molecule has 0 aromatic rings. The molecule has 122 valence electrons. The predicted molar refractivity (Wildman–Crippen MR) is 82.9 cm³/mol. The summed E-state index contributed by atoms with van der Waals surface area (Å²) < 4.78 is 4.79. The fourth-order valence-electron chi connectivity index (χ4n) is 3.23. The fourth-order valence-corrected chi connectivity index (χ4v) is 3.23. The molecule has 1 aliphatic heterocycles. The number of rotatable bonds is 6. The van der Waals surface area contributed by atoms with Gasteiger partial charge in [-0.25, -0.2) is 4.79 Å². The molecule has 0 bridgehead atoms. The number of nitrogens with zero attached hydrogens (tertiary/aromatic N) is 1. The summed E-state index contributed by atoms with van der Waals surface area (Å²) in [6, 6.07) is 0.0276. The molecule has 1 N–H and O–H groups in total. The highest BCUT2D eigenvalue weighted by Gasteiger charge is 2.35. The fraction of sp³-hybridized carbons (Fsp3) is 0.875. The Labute approximate surface area is 128 Å². The van der Waals surface area contributed by atoms with E-state index in [1.54, 1.807) is 0 Å². The maximum atomic E-state index is 12.5. The first kappa shape index (κ1) is 18.0. The van der Waals surface area contributed by atoms with Crippen molar-refractivity contribution < 1.29 is 14.3 Å². The van der Waals surface area contributed by atoms with Crippen LogP contribution in [0.2, 0.25) is 0 Å². The van der Waals surface area contributed by atoms with E-state index < -0.39 is 6.04 Å². The van der Waals surface area contributed by atoms with Crippen molar-refractivity contribution in [2.45, 2.75) is 78.0 Å². The molecule has 0 aromatic heterocycles.